The molecule has 0 aromatic carbocycles. The van der Waals surface area contributed by atoms with Crippen LogP contribution in [0.2, 0.25) is 0 Å². The van der Waals surface area contributed by atoms with E-state index in [4.69, 9.17) is 14.6 Å². The van der Waals surface area contributed by atoms with Crippen LogP contribution in [0.3, 0.4) is 0 Å². The van der Waals surface area contributed by atoms with Gasteiger partial charge < -0.3 is 19.3 Å². The van der Waals surface area contributed by atoms with Gasteiger partial charge in [0.05, 0.1) is 6.42 Å². The first-order valence-corrected chi connectivity index (χ1v) is 6.99. The van der Waals surface area contributed by atoms with Crippen LogP contribution in [0, 0.1) is 5.41 Å². The average molecular weight is 366 g/mol. The topological polar surface area (TPSA) is 133 Å². The normalized spacial score (nSPS) is 18.8. The third-order valence-corrected chi connectivity index (χ3v) is 3.37. The monoisotopic (exact) mass is 366 g/mol. The second kappa shape index (κ2) is 6.73. The summed E-state index contributed by atoms with van der Waals surface area (Å²) in [7, 11) is 0. The number of esters is 3. The lowest BCUT2D eigenvalue weighted by molar-refractivity contribution is -0.247. The lowest BCUT2D eigenvalue weighted by Gasteiger charge is -2.37. The van der Waals surface area contributed by atoms with Crippen LogP contribution in [0.5, 0.6) is 0 Å². The molecule has 0 aromatic heterocycles. The third kappa shape index (κ3) is 4.48. The summed E-state index contributed by atoms with van der Waals surface area (Å²) in [5.41, 5.74) is -2.36. The van der Waals surface area contributed by atoms with Crippen LogP contribution in [0.25, 0.3) is 0 Å². The minimum atomic E-state index is -4.13. The minimum absolute atomic E-state index is 0.918. The molecule has 140 valence electrons. The van der Waals surface area contributed by atoms with Crippen molar-refractivity contribution in [3.8, 4) is 0 Å². The second-order valence-corrected chi connectivity index (χ2v) is 5.90. The highest BCUT2D eigenvalue weighted by Gasteiger charge is 2.58. The van der Waals surface area contributed by atoms with Crippen LogP contribution in [0.1, 0.15) is 33.6 Å². The third-order valence-electron chi connectivity index (χ3n) is 3.37. The number of hydrogen-bond acceptors (Lipinski definition) is 8. The smallest absolute Gasteiger partial charge is 0.374 e. The molecule has 0 aromatic rings. The van der Waals surface area contributed by atoms with E-state index in [9.17, 15) is 32.8 Å². The van der Waals surface area contributed by atoms with E-state index < -0.39 is 66.2 Å². The highest BCUT2D eigenvalue weighted by atomic mass is 19.3. The first-order chi connectivity index (χ1) is 11.2. The summed E-state index contributed by atoms with van der Waals surface area (Å²) in [5.74, 6) is -13.0. The van der Waals surface area contributed by atoms with Crippen molar-refractivity contribution in [3.63, 3.8) is 0 Å². The van der Waals surface area contributed by atoms with Gasteiger partial charge in [0.1, 0.15) is 0 Å². The Labute approximate surface area is 140 Å². The fourth-order valence-corrected chi connectivity index (χ4v) is 1.71. The molecule has 1 fully saturated rings. The number of cyclic esters (lactones) is 2. The van der Waals surface area contributed by atoms with E-state index in [2.05, 4.69) is 4.74 Å². The van der Waals surface area contributed by atoms with E-state index >= 15 is 0 Å². The van der Waals surface area contributed by atoms with Gasteiger partial charge in [-0.2, -0.15) is 8.78 Å². The molecule has 0 unspecified atom stereocenters. The number of carboxylic acid groups (broad SMARTS) is 1. The lowest BCUT2D eigenvalue weighted by Crippen LogP contribution is -2.57. The largest absolute Gasteiger partial charge is 0.477 e. The van der Waals surface area contributed by atoms with Gasteiger partial charge in [0.2, 0.25) is 5.41 Å². The quantitative estimate of drug-likeness (QED) is 0.503. The van der Waals surface area contributed by atoms with Crippen molar-refractivity contribution in [2.75, 3.05) is 6.61 Å². The van der Waals surface area contributed by atoms with Crippen LogP contribution in [0.15, 0.2) is 0 Å². The molecule has 0 bridgehead atoms. The van der Waals surface area contributed by atoms with Gasteiger partial charge in [0.25, 0.3) is 5.79 Å². The maximum absolute atomic E-state index is 12.8. The number of rotatable bonds is 7. The maximum Gasteiger partial charge on any atom is 0.374 e. The summed E-state index contributed by atoms with van der Waals surface area (Å²) in [4.78, 5) is 57.4. The molecule has 0 spiro atoms. The summed E-state index contributed by atoms with van der Waals surface area (Å²) >= 11 is 0. The van der Waals surface area contributed by atoms with Crippen molar-refractivity contribution < 1.29 is 52.1 Å². The van der Waals surface area contributed by atoms with Crippen molar-refractivity contribution >= 4 is 29.7 Å². The van der Waals surface area contributed by atoms with Gasteiger partial charge in [-0.1, -0.05) is 0 Å². The van der Waals surface area contributed by atoms with Crippen LogP contribution in [-0.2, 0) is 38.2 Å². The molecule has 9 nitrogen and oxygen atoms in total. The number of carbonyl (C=O) groups excluding carboxylic acids is 4. The van der Waals surface area contributed by atoms with Crippen molar-refractivity contribution in [1.82, 2.24) is 0 Å². The van der Waals surface area contributed by atoms with Gasteiger partial charge in [-0.15, -0.1) is 0 Å². The molecule has 0 radical (unpaired) electrons. The Hall–Kier alpha value is -2.59. The van der Waals surface area contributed by atoms with Gasteiger partial charge in [-0.3, -0.25) is 19.2 Å². The van der Waals surface area contributed by atoms with Crippen LogP contribution in [0.4, 0.5) is 8.78 Å². The molecule has 1 aliphatic rings. The number of Topliss-reactive ketones (excluding diaryl/α,β-unsaturated/α-hetero) is 1. The Morgan fingerprint density at radius 3 is 2.04 bits per heavy atom. The highest BCUT2D eigenvalue weighted by Crippen LogP contribution is 2.33. The zero-order valence-electron chi connectivity index (χ0n) is 13.6. The molecular formula is C14H16F2O9. The van der Waals surface area contributed by atoms with Gasteiger partial charge in [0, 0.05) is 20.3 Å². The van der Waals surface area contributed by atoms with E-state index in [1.54, 1.807) is 0 Å². The number of ketones is 1. The number of hydrogen-bond donors (Lipinski definition) is 1. The lowest BCUT2D eigenvalue weighted by atomic mass is 9.85. The summed E-state index contributed by atoms with van der Waals surface area (Å²) in [6.07, 6.45) is -2.31. The molecule has 1 aliphatic heterocycles. The van der Waals surface area contributed by atoms with Crippen LogP contribution < -0.4 is 0 Å². The minimum Gasteiger partial charge on any atom is -0.477 e. The van der Waals surface area contributed by atoms with Crippen LogP contribution >= 0.6 is 0 Å². The first-order valence-electron chi connectivity index (χ1n) is 6.99. The van der Waals surface area contributed by atoms with E-state index in [0.717, 1.165) is 6.92 Å². The van der Waals surface area contributed by atoms with Gasteiger partial charge in [0.15, 0.2) is 12.4 Å². The molecule has 1 saturated heterocycles. The molecule has 0 aliphatic carbocycles. The standard InChI is InChI=1S/C14H16F2O9/c1-12(2)24-10(21)13(3,11(22)25-12)7(17)6-23-8(18)4-5-14(15,16)9(19)20/h4-6H2,1-3H3,(H,19,20). The number of halogens is 2. The molecule has 0 atom stereocenters. The number of carboxylic acids is 1. The van der Waals surface area contributed by atoms with Crippen molar-refractivity contribution in [3.05, 3.63) is 0 Å². The Kier molecular flexibility index (Phi) is 5.50. The summed E-state index contributed by atoms with van der Waals surface area (Å²) < 4.78 is 39.7. The van der Waals surface area contributed by atoms with Crippen molar-refractivity contribution in [1.29, 1.82) is 0 Å². The van der Waals surface area contributed by atoms with E-state index in [1.165, 1.54) is 13.8 Å². The molecule has 0 saturated carbocycles. The molecule has 1 N–H and O–H groups in total. The van der Waals surface area contributed by atoms with Gasteiger partial charge in [-0.05, 0) is 6.92 Å². The molecule has 11 heteroatoms. The number of aliphatic carboxylic acids is 1. The predicted molar refractivity (Wildman–Crippen MR) is 72.2 cm³/mol. The molecule has 0 amide bonds. The Balaban J connectivity index is 2.64. The summed E-state index contributed by atoms with van der Waals surface area (Å²) in [5, 5.41) is 8.22. The molecular weight excluding hydrogens is 350 g/mol. The number of ether oxygens (including phenoxy) is 3. The SMILES string of the molecule is CC1(C)OC(=O)C(C)(C(=O)COC(=O)CCC(F)(F)C(=O)O)C(=O)O1. The fourth-order valence-electron chi connectivity index (χ4n) is 1.71. The van der Waals surface area contributed by atoms with Crippen LogP contribution in [-0.4, -0.2) is 53.1 Å². The Bertz CT molecular complexity index is 604. The van der Waals surface area contributed by atoms with E-state index in [-0.39, 0.29) is 0 Å². The highest BCUT2D eigenvalue weighted by molar-refractivity contribution is 6.21. The number of alkyl halides is 2. The predicted octanol–water partition coefficient (Wildman–Crippen LogP) is 0.441. The first kappa shape index (κ1) is 20.5. The molecule has 25 heavy (non-hydrogen) atoms. The Morgan fingerprint density at radius 2 is 1.60 bits per heavy atom. The van der Waals surface area contributed by atoms with E-state index in [1.807, 2.05) is 0 Å². The second-order valence-electron chi connectivity index (χ2n) is 5.90. The summed E-state index contributed by atoms with van der Waals surface area (Å²) in [6, 6.07) is 0. The summed E-state index contributed by atoms with van der Waals surface area (Å²) in [6.45, 7) is 2.39. The molecule has 1 heterocycles. The van der Waals surface area contributed by atoms with Gasteiger partial charge in [-0.25, -0.2) is 4.79 Å². The Morgan fingerprint density at radius 1 is 1.12 bits per heavy atom. The van der Waals surface area contributed by atoms with Gasteiger partial charge >= 0.3 is 29.8 Å². The maximum atomic E-state index is 12.8. The van der Waals surface area contributed by atoms with E-state index in [0.29, 0.717) is 0 Å². The van der Waals surface area contributed by atoms with Crippen molar-refractivity contribution in [2.45, 2.75) is 45.3 Å². The zero-order chi connectivity index (χ0) is 19.6. The molecule has 1 rings (SSSR count). The van der Waals surface area contributed by atoms with Crippen molar-refractivity contribution in [2.24, 2.45) is 5.41 Å². The fraction of sp³-hybridized carbons (Fsp3) is 0.643. The zero-order valence-corrected chi connectivity index (χ0v) is 13.6. The average Bonchev–Trinajstić information content (AvgIpc) is 2.47. The number of carbonyl (C=O) groups is 5.